The lowest BCUT2D eigenvalue weighted by Crippen LogP contribution is -2.39. The number of aliphatic carboxylic acids is 1. The van der Waals surface area contributed by atoms with Crippen LogP contribution in [0.15, 0.2) is 24.3 Å². The molecule has 0 aliphatic carbocycles. The second kappa shape index (κ2) is 4.39. The number of hydrogen-bond donors (Lipinski definition) is 1. The average Bonchev–Trinajstić information content (AvgIpc) is 2.65. The largest absolute Gasteiger partial charge is 0.478 e. The van der Waals surface area contributed by atoms with Crippen LogP contribution in [0.5, 0.6) is 0 Å². The van der Waals surface area contributed by atoms with Crippen molar-refractivity contribution >= 4 is 17.7 Å². The zero-order valence-corrected chi connectivity index (χ0v) is 10.3. The number of halogens is 3. The first-order valence-corrected chi connectivity index (χ1v) is 5.55. The molecule has 0 radical (unpaired) electrons. The molecule has 5 nitrogen and oxygen atoms in total. The van der Waals surface area contributed by atoms with E-state index in [-0.39, 0.29) is 12.2 Å². The summed E-state index contributed by atoms with van der Waals surface area (Å²) in [5.41, 5.74) is -2.41. The minimum absolute atomic E-state index is 0.146. The summed E-state index contributed by atoms with van der Waals surface area (Å²) in [6.45, 7) is 0.948. The molecule has 1 fully saturated rings. The van der Waals surface area contributed by atoms with Crippen molar-refractivity contribution in [2.45, 2.75) is 18.7 Å². The van der Waals surface area contributed by atoms with Gasteiger partial charge in [-0.3, -0.25) is 4.90 Å². The van der Waals surface area contributed by atoms with Crippen molar-refractivity contribution in [2.24, 2.45) is 0 Å². The Hall–Kier alpha value is -2.25. The van der Waals surface area contributed by atoms with Crippen LogP contribution in [0.25, 0.3) is 0 Å². The van der Waals surface area contributed by atoms with E-state index in [1.807, 2.05) is 0 Å². The number of carboxylic acids is 1. The Morgan fingerprint density at radius 2 is 1.90 bits per heavy atom. The number of carbonyl (C=O) groups is 2. The monoisotopic (exact) mass is 289 g/mol. The lowest BCUT2D eigenvalue weighted by Gasteiger charge is -2.16. The summed E-state index contributed by atoms with van der Waals surface area (Å²) < 4.78 is 42.0. The molecular weight excluding hydrogens is 279 g/mol. The van der Waals surface area contributed by atoms with Crippen molar-refractivity contribution in [3.63, 3.8) is 0 Å². The molecule has 1 saturated heterocycles. The molecule has 1 heterocycles. The molecule has 1 unspecified atom stereocenters. The molecule has 1 aliphatic heterocycles. The molecule has 1 amide bonds. The van der Waals surface area contributed by atoms with Crippen LogP contribution >= 0.6 is 0 Å². The highest BCUT2D eigenvalue weighted by Crippen LogP contribution is 2.32. The van der Waals surface area contributed by atoms with Crippen LogP contribution < -0.4 is 4.90 Å². The highest BCUT2D eigenvalue weighted by Gasteiger charge is 2.48. The van der Waals surface area contributed by atoms with Gasteiger partial charge in [0.15, 0.2) is 0 Å². The quantitative estimate of drug-likeness (QED) is 0.908. The van der Waals surface area contributed by atoms with Crippen molar-refractivity contribution in [3.05, 3.63) is 29.8 Å². The number of alkyl halides is 3. The minimum atomic E-state index is -4.47. The maximum atomic E-state index is 12.4. The Morgan fingerprint density at radius 1 is 1.35 bits per heavy atom. The Bertz CT molecular complexity index is 555. The van der Waals surface area contributed by atoms with E-state index in [4.69, 9.17) is 9.84 Å². The first kappa shape index (κ1) is 14.2. The van der Waals surface area contributed by atoms with E-state index in [9.17, 15) is 22.8 Å². The van der Waals surface area contributed by atoms with Gasteiger partial charge in [-0.2, -0.15) is 13.2 Å². The fourth-order valence-electron chi connectivity index (χ4n) is 1.78. The number of cyclic esters (lactones) is 1. The number of hydrogen-bond acceptors (Lipinski definition) is 3. The van der Waals surface area contributed by atoms with Crippen molar-refractivity contribution < 1.29 is 32.6 Å². The van der Waals surface area contributed by atoms with Crippen LogP contribution in [0.4, 0.5) is 23.7 Å². The molecule has 0 spiro atoms. The van der Waals surface area contributed by atoms with E-state index in [1.54, 1.807) is 0 Å². The van der Waals surface area contributed by atoms with Crippen LogP contribution in [0.3, 0.4) is 0 Å². The summed E-state index contributed by atoms with van der Waals surface area (Å²) in [4.78, 5) is 23.6. The van der Waals surface area contributed by atoms with Gasteiger partial charge in [0.2, 0.25) is 5.60 Å². The smallest absolute Gasteiger partial charge is 0.416 e. The Morgan fingerprint density at radius 3 is 2.30 bits per heavy atom. The zero-order valence-electron chi connectivity index (χ0n) is 10.3. The summed E-state index contributed by atoms with van der Waals surface area (Å²) in [5.74, 6) is -1.32. The third-order valence-electron chi connectivity index (χ3n) is 2.95. The van der Waals surface area contributed by atoms with E-state index < -0.39 is 29.4 Å². The first-order chi connectivity index (χ1) is 9.13. The zero-order chi connectivity index (χ0) is 15.1. The van der Waals surface area contributed by atoms with Crippen LogP contribution in [-0.2, 0) is 15.7 Å². The molecule has 1 atom stereocenters. The van der Waals surface area contributed by atoms with Crippen LogP contribution in [-0.4, -0.2) is 29.3 Å². The van der Waals surface area contributed by atoms with E-state index in [1.165, 1.54) is 6.92 Å². The van der Waals surface area contributed by atoms with E-state index >= 15 is 0 Å². The normalized spacial score (nSPS) is 22.8. The number of carboxylic acid groups (broad SMARTS) is 1. The molecule has 108 valence electrons. The molecule has 8 heteroatoms. The van der Waals surface area contributed by atoms with Gasteiger partial charge in [0.05, 0.1) is 12.1 Å². The van der Waals surface area contributed by atoms with Crippen molar-refractivity contribution in [1.29, 1.82) is 0 Å². The Balaban J connectivity index is 2.25. The lowest BCUT2D eigenvalue weighted by atomic mass is 10.1. The number of ether oxygens (including phenoxy) is 1. The van der Waals surface area contributed by atoms with Crippen LogP contribution in [0.2, 0.25) is 0 Å². The molecule has 1 aliphatic rings. The number of carbonyl (C=O) groups excluding carboxylic acids is 1. The molecule has 0 aromatic heterocycles. The SMILES string of the molecule is CC1(C(=O)O)CN(c2ccc(C(F)(F)F)cc2)C(=O)O1. The summed E-state index contributed by atoms with van der Waals surface area (Å²) in [7, 11) is 0. The van der Waals surface area contributed by atoms with Gasteiger partial charge in [0.1, 0.15) is 0 Å². The van der Waals surface area contributed by atoms with Crippen LogP contribution in [0, 0.1) is 0 Å². The van der Waals surface area contributed by atoms with Gasteiger partial charge in [-0.05, 0) is 31.2 Å². The topological polar surface area (TPSA) is 66.8 Å². The third-order valence-corrected chi connectivity index (χ3v) is 2.95. The van der Waals surface area contributed by atoms with Gasteiger partial charge in [0, 0.05) is 5.69 Å². The van der Waals surface area contributed by atoms with Crippen molar-refractivity contribution in [2.75, 3.05) is 11.4 Å². The average molecular weight is 289 g/mol. The lowest BCUT2D eigenvalue weighted by molar-refractivity contribution is -0.153. The van der Waals surface area contributed by atoms with Gasteiger partial charge < -0.3 is 9.84 Å². The molecule has 2 rings (SSSR count). The predicted octanol–water partition coefficient (Wildman–Crippen LogP) is 2.51. The fraction of sp³-hybridized carbons (Fsp3) is 0.333. The van der Waals surface area contributed by atoms with Gasteiger partial charge in [-0.25, -0.2) is 9.59 Å². The van der Waals surface area contributed by atoms with E-state index in [0.29, 0.717) is 0 Å². The molecule has 1 aromatic carbocycles. The number of amides is 1. The maximum absolute atomic E-state index is 12.4. The summed E-state index contributed by atoms with van der Waals surface area (Å²) in [6.07, 6.45) is -5.38. The summed E-state index contributed by atoms with van der Waals surface area (Å²) >= 11 is 0. The van der Waals surface area contributed by atoms with Gasteiger partial charge in [-0.15, -0.1) is 0 Å². The Kier molecular flexibility index (Phi) is 3.11. The van der Waals surface area contributed by atoms with Gasteiger partial charge in [0.25, 0.3) is 0 Å². The second-order valence-corrected chi connectivity index (χ2v) is 4.53. The predicted molar refractivity (Wildman–Crippen MR) is 61.3 cm³/mol. The Labute approximate surface area is 111 Å². The number of nitrogens with zero attached hydrogens (tertiary/aromatic N) is 1. The second-order valence-electron chi connectivity index (χ2n) is 4.53. The van der Waals surface area contributed by atoms with Gasteiger partial charge >= 0.3 is 18.2 Å². The first-order valence-electron chi connectivity index (χ1n) is 5.55. The molecule has 1 N–H and O–H groups in total. The van der Waals surface area contributed by atoms with Gasteiger partial charge in [-0.1, -0.05) is 0 Å². The van der Waals surface area contributed by atoms with E-state index in [0.717, 1.165) is 29.2 Å². The summed E-state index contributed by atoms with van der Waals surface area (Å²) in [6, 6.07) is 3.83. The molecule has 20 heavy (non-hydrogen) atoms. The third kappa shape index (κ3) is 2.40. The number of rotatable bonds is 2. The molecule has 0 bridgehead atoms. The number of benzene rings is 1. The maximum Gasteiger partial charge on any atom is 0.416 e. The minimum Gasteiger partial charge on any atom is -0.478 e. The highest BCUT2D eigenvalue weighted by molar-refractivity contribution is 5.95. The fourth-order valence-corrected chi connectivity index (χ4v) is 1.78. The van der Waals surface area contributed by atoms with Crippen molar-refractivity contribution in [3.8, 4) is 0 Å². The number of anilines is 1. The van der Waals surface area contributed by atoms with Crippen LogP contribution in [0.1, 0.15) is 12.5 Å². The highest BCUT2D eigenvalue weighted by atomic mass is 19.4. The standard InChI is InChI=1S/C12H10F3NO4/c1-11(9(17)18)6-16(10(19)20-11)8-4-2-7(3-5-8)12(13,14)15/h2-5H,6H2,1H3,(H,17,18). The van der Waals surface area contributed by atoms with E-state index in [2.05, 4.69) is 0 Å². The van der Waals surface area contributed by atoms with Crippen molar-refractivity contribution in [1.82, 2.24) is 0 Å². The molecule has 1 aromatic rings. The summed E-state index contributed by atoms with van der Waals surface area (Å²) in [5, 5.41) is 8.95. The molecule has 0 saturated carbocycles. The molecular formula is C12H10F3NO4.